The first-order valence-electron chi connectivity index (χ1n) is 7.49. The van der Waals surface area contributed by atoms with Crippen LogP contribution in [-0.4, -0.2) is 34.7 Å². The second-order valence-electron chi connectivity index (χ2n) is 5.86. The van der Waals surface area contributed by atoms with E-state index in [1.165, 1.54) is 5.56 Å². The average Bonchev–Trinajstić information content (AvgIpc) is 2.94. The van der Waals surface area contributed by atoms with Gasteiger partial charge in [-0.25, -0.2) is 0 Å². The third kappa shape index (κ3) is 2.99. The van der Waals surface area contributed by atoms with Gasteiger partial charge in [-0.05, 0) is 31.5 Å². The number of nitrogens with two attached hydrogens (primary N) is 1. The van der Waals surface area contributed by atoms with Crippen molar-refractivity contribution in [1.82, 2.24) is 15.0 Å². The lowest BCUT2D eigenvalue weighted by Gasteiger charge is -2.41. The first kappa shape index (κ1) is 14.2. The molecule has 0 unspecified atom stereocenters. The van der Waals surface area contributed by atoms with Crippen molar-refractivity contribution in [2.24, 2.45) is 5.73 Å². The van der Waals surface area contributed by atoms with E-state index in [0.717, 1.165) is 38.3 Å². The molecule has 112 valence electrons. The zero-order chi connectivity index (χ0) is 14.7. The number of nitrogens with zero attached hydrogens (tertiary/aromatic N) is 3. The number of hydrogen-bond acceptors (Lipinski definition) is 5. The van der Waals surface area contributed by atoms with E-state index in [9.17, 15) is 0 Å². The van der Waals surface area contributed by atoms with Crippen LogP contribution in [-0.2, 0) is 12.0 Å². The van der Waals surface area contributed by atoms with Gasteiger partial charge in [-0.1, -0.05) is 35.5 Å². The number of likely N-dealkylation sites (tertiary alicyclic amines) is 1. The van der Waals surface area contributed by atoms with E-state index in [1.54, 1.807) is 0 Å². The van der Waals surface area contributed by atoms with Crippen molar-refractivity contribution in [3.8, 4) is 0 Å². The molecule has 5 heteroatoms. The van der Waals surface area contributed by atoms with E-state index in [-0.39, 0.29) is 5.41 Å². The van der Waals surface area contributed by atoms with Crippen molar-refractivity contribution in [3.05, 3.63) is 47.6 Å². The maximum Gasteiger partial charge on any atom is 0.223 e. The minimum atomic E-state index is 0.116. The lowest BCUT2D eigenvalue weighted by atomic mass is 9.73. The Balaban J connectivity index is 1.66. The van der Waals surface area contributed by atoms with E-state index in [1.807, 2.05) is 6.92 Å². The van der Waals surface area contributed by atoms with Crippen molar-refractivity contribution >= 4 is 0 Å². The molecule has 2 aromatic rings. The molecule has 0 atom stereocenters. The fraction of sp³-hybridized carbons (Fsp3) is 0.500. The summed E-state index contributed by atoms with van der Waals surface area (Å²) in [5.74, 6) is 1.40. The number of rotatable bonds is 4. The van der Waals surface area contributed by atoms with Crippen LogP contribution < -0.4 is 5.73 Å². The molecule has 0 radical (unpaired) electrons. The third-order valence-corrected chi connectivity index (χ3v) is 4.52. The van der Waals surface area contributed by atoms with E-state index in [2.05, 4.69) is 45.4 Å². The van der Waals surface area contributed by atoms with E-state index in [4.69, 9.17) is 10.3 Å². The van der Waals surface area contributed by atoms with E-state index < -0.39 is 0 Å². The predicted molar refractivity (Wildman–Crippen MR) is 80.7 cm³/mol. The standard InChI is InChI=1S/C16H22N4O/c1-13-18-15(19-21-13)11-20-9-7-16(12-17,8-10-20)14-5-3-2-4-6-14/h2-6H,7-12,17H2,1H3. The van der Waals surface area contributed by atoms with Gasteiger partial charge in [-0.3, -0.25) is 4.90 Å². The molecule has 2 N–H and O–H groups in total. The fourth-order valence-corrected chi connectivity index (χ4v) is 3.15. The van der Waals surface area contributed by atoms with Gasteiger partial charge in [0.05, 0.1) is 6.54 Å². The maximum absolute atomic E-state index is 6.11. The molecule has 1 aliphatic rings. The minimum Gasteiger partial charge on any atom is -0.340 e. The molecule has 1 aliphatic heterocycles. The summed E-state index contributed by atoms with van der Waals surface area (Å²) in [6.07, 6.45) is 2.15. The van der Waals surface area contributed by atoms with Gasteiger partial charge in [-0.2, -0.15) is 4.98 Å². The molecule has 21 heavy (non-hydrogen) atoms. The van der Waals surface area contributed by atoms with Crippen molar-refractivity contribution in [2.75, 3.05) is 19.6 Å². The lowest BCUT2D eigenvalue weighted by Crippen LogP contribution is -2.46. The van der Waals surface area contributed by atoms with Crippen LogP contribution in [0.1, 0.15) is 30.1 Å². The van der Waals surface area contributed by atoms with Crippen LogP contribution in [0.25, 0.3) is 0 Å². The SMILES string of the molecule is Cc1nc(CN2CCC(CN)(c3ccccc3)CC2)no1. The third-order valence-electron chi connectivity index (χ3n) is 4.52. The average molecular weight is 286 g/mol. The first-order chi connectivity index (χ1) is 10.2. The number of hydrogen-bond donors (Lipinski definition) is 1. The molecule has 2 heterocycles. The second-order valence-corrected chi connectivity index (χ2v) is 5.86. The fourth-order valence-electron chi connectivity index (χ4n) is 3.15. The molecule has 0 spiro atoms. The summed E-state index contributed by atoms with van der Waals surface area (Å²) in [4.78, 5) is 6.65. The van der Waals surface area contributed by atoms with Crippen LogP contribution in [0.5, 0.6) is 0 Å². The molecule has 1 aromatic heterocycles. The minimum absolute atomic E-state index is 0.116. The van der Waals surface area contributed by atoms with Crippen LogP contribution in [0.3, 0.4) is 0 Å². The molecule has 3 rings (SSSR count). The van der Waals surface area contributed by atoms with Gasteiger partial charge in [0.2, 0.25) is 5.89 Å². The summed E-state index contributed by atoms with van der Waals surface area (Å²) < 4.78 is 5.03. The summed E-state index contributed by atoms with van der Waals surface area (Å²) in [5, 5.41) is 3.97. The Morgan fingerprint density at radius 3 is 2.52 bits per heavy atom. The molecule has 0 bridgehead atoms. The predicted octanol–water partition coefficient (Wildman–Crippen LogP) is 1.87. The largest absolute Gasteiger partial charge is 0.340 e. The van der Waals surface area contributed by atoms with Crippen LogP contribution >= 0.6 is 0 Å². The maximum atomic E-state index is 6.11. The molecular formula is C16H22N4O. The van der Waals surface area contributed by atoms with Gasteiger partial charge >= 0.3 is 0 Å². The Bertz CT molecular complexity index is 573. The number of aromatic nitrogens is 2. The van der Waals surface area contributed by atoms with Crippen LogP contribution in [0, 0.1) is 6.92 Å². The second kappa shape index (κ2) is 5.95. The topological polar surface area (TPSA) is 68.2 Å². The van der Waals surface area contributed by atoms with Gasteiger partial charge < -0.3 is 10.3 Å². The molecule has 1 saturated heterocycles. The number of benzene rings is 1. The highest BCUT2D eigenvalue weighted by Crippen LogP contribution is 2.34. The molecule has 1 fully saturated rings. The number of aryl methyl sites for hydroxylation is 1. The van der Waals surface area contributed by atoms with Gasteiger partial charge in [0.15, 0.2) is 5.82 Å². The Kier molecular flexibility index (Phi) is 4.03. The quantitative estimate of drug-likeness (QED) is 0.929. The summed E-state index contributed by atoms with van der Waals surface area (Å²) in [6.45, 7) is 5.31. The Labute approximate surface area is 125 Å². The smallest absolute Gasteiger partial charge is 0.223 e. The molecule has 0 aliphatic carbocycles. The van der Waals surface area contributed by atoms with Gasteiger partial charge in [0, 0.05) is 18.9 Å². The van der Waals surface area contributed by atoms with Crippen molar-refractivity contribution in [1.29, 1.82) is 0 Å². The summed E-state index contributed by atoms with van der Waals surface area (Å²) in [5.41, 5.74) is 7.59. The molecule has 1 aromatic carbocycles. The lowest BCUT2D eigenvalue weighted by molar-refractivity contribution is 0.151. The monoisotopic (exact) mass is 286 g/mol. The van der Waals surface area contributed by atoms with Crippen molar-refractivity contribution in [2.45, 2.75) is 31.7 Å². The van der Waals surface area contributed by atoms with Crippen molar-refractivity contribution < 1.29 is 4.52 Å². The summed E-state index contributed by atoms with van der Waals surface area (Å²) >= 11 is 0. The zero-order valence-electron chi connectivity index (χ0n) is 12.5. The summed E-state index contributed by atoms with van der Waals surface area (Å²) in [6, 6.07) is 10.7. The summed E-state index contributed by atoms with van der Waals surface area (Å²) in [7, 11) is 0. The van der Waals surface area contributed by atoms with Gasteiger partial charge in [0.25, 0.3) is 0 Å². The van der Waals surface area contributed by atoms with Crippen LogP contribution in [0.2, 0.25) is 0 Å². The van der Waals surface area contributed by atoms with E-state index in [0.29, 0.717) is 12.4 Å². The highest BCUT2D eigenvalue weighted by Gasteiger charge is 2.35. The zero-order valence-corrected chi connectivity index (χ0v) is 12.5. The Morgan fingerprint density at radius 2 is 1.95 bits per heavy atom. The molecule has 0 amide bonds. The highest BCUT2D eigenvalue weighted by atomic mass is 16.5. The molecular weight excluding hydrogens is 264 g/mol. The normalized spacial score (nSPS) is 18.8. The van der Waals surface area contributed by atoms with E-state index >= 15 is 0 Å². The Morgan fingerprint density at radius 1 is 1.24 bits per heavy atom. The van der Waals surface area contributed by atoms with Crippen LogP contribution in [0.15, 0.2) is 34.9 Å². The Hall–Kier alpha value is -1.72. The van der Waals surface area contributed by atoms with Crippen LogP contribution in [0.4, 0.5) is 0 Å². The van der Waals surface area contributed by atoms with Crippen molar-refractivity contribution in [3.63, 3.8) is 0 Å². The highest BCUT2D eigenvalue weighted by molar-refractivity contribution is 5.26. The van der Waals surface area contributed by atoms with Gasteiger partial charge in [-0.15, -0.1) is 0 Å². The molecule has 5 nitrogen and oxygen atoms in total. The van der Waals surface area contributed by atoms with Gasteiger partial charge in [0.1, 0.15) is 0 Å². The molecule has 0 saturated carbocycles. The first-order valence-corrected chi connectivity index (χ1v) is 7.49. The number of piperidine rings is 1.